The standard InChI is InChI=1S/C20H28N2O5S/c23-18(27-13-11-25-10-12-26-15-6-2-1-3-7-15)9-5-4-8-17-19-16(14-28-17)21-20(24)22-19/h1-3,6-7,16-17,19H,4-5,8-14H2,(H2,21,22,24)/t16?,17-,19-/m1/s1. The SMILES string of the molecule is O=C1NC2CS[C@H](CCCCC(=O)OCCOCCOc3ccccc3)[C@@H]2N1. The maximum absolute atomic E-state index is 11.8. The van der Waals surface area contributed by atoms with E-state index >= 15 is 0 Å². The summed E-state index contributed by atoms with van der Waals surface area (Å²) in [6.45, 7) is 1.57. The van der Waals surface area contributed by atoms with Gasteiger partial charge in [0, 0.05) is 17.4 Å². The second kappa shape index (κ2) is 11.2. The zero-order chi connectivity index (χ0) is 19.6. The number of carbonyl (C=O) groups is 2. The molecule has 1 unspecified atom stereocenters. The third kappa shape index (κ3) is 6.60. The molecule has 2 heterocycles. The minimum atomic E-state index is -0.183. The maximum Gasteiger partial charge on any atom is 0.315 e. The van der Waals surface area contributed by atoms with E-state index in [2.05, 4.69) is 10.6 Å². The van der Waals surface area contributed by atoms with E-state index in [9.17, 15) is 9.59 Å². The van der Waals surface area contributed by atoms with Crippen LogP contribution in [-0.2, 0) is 14.3 Å². The van der Waals surface area contributed by atoms with Gasteiger partial charge in [-0.1, -0.05) is 24.6 Å². The van der Waals surface area contributed by atoms with Gasteiger partial charge in [0.1, 0.15) is 19.0 Å². The van der Waals surface area contributed by atoms with E-state index in [4.69, 9.17) is 14.2 Å². The monoisotopic (exact) mass is 408 g/mol. The number of rotatable bonds is 12. The molecule has 0 saturated carbocycles. The number of unbranched alkanes of at least 4 members (excludes halogenated alkanes) is 1. The van der Waals surface area contributed by atoms with Crippen molar-refractivity contribution in [1.29, 1.82) is 0 Å². The molecule has 8 heteroatoms. The third-order valence-electron chi connectivity index (χ3n) is 4.79. The Kier molecular flexibility index (Phi) is 8.29. The summed E-state index contributed by atoms with van der Waals surface area (Å²) in [5.74, 6) is 1.60. The van der Waals surface area contributed by atoms with Gasteiger partial charge in [0.2, 0.25) is 0 Å². The lowest BCUT2D eigenvalue weighted by Gasteiger charge is -2.16. The van der Waals surface area contributed by atoms with E-state index in [1.54, 1.807) is 0 Å². The van der Waals surface area contributed by atoms with Crippen LogP contribution in [0.25, 0.3) is 0 Å². The Bertz CT molecular complexity index is 630. The second-order valence-corrected chi connectivity index (χ2v) is 8.13. The number of fused-ring (bicyclic) bond motifs is 1. The highest BCUT2D eigenvalue weighted by molar-refractivity contribution is 8.00. The number of esters is 1. The number of urea groups is 1. The summed E-state index contributed by atoms with van der Waals surface area (Å²) in [7, 11) is 0. The van der Waals surface area contributed by atoms with Gasteiger partial charge in [-0.05, 0) is 25.0 Å². The molecule has 2 N–H and O–H groups in total. The smallest absolute Gasteiger partial charge is 0.315 e. The highest BCUT2D eigenvalue weighted by atomic mass is 32.2. The predicted octanol–water partition coefficient (Wildman–Crippen LogP) is 2.35. The Morgan fingerprint density at radius 1 is 1.07 bits per heavy atom. The van der Waals surface area contributed by atoms with Crippen LogP contribution in [0, 0.1) is 0 Å². The first-order valence-corrected chi connectivity index (χ1v) is 10.9. The van der Waals surface area contributed by atoms with Crippen LogP contribution in [0.3, 0.4) is 0 Å². The Hall–Kier alpha value is -1.93. The van der Waals surface area contributed by atoms with E-state index < -0.39 is 0 Å². The molecule has 0 aromatic heterocycles. The van der Waals surface area contributed by atoms with Crippen molar-refractivity contribution in [3.63, 3.8) is 0 Å². The fourth-order valence-corrected chi connectivity index (χ4v) is 4.93. The van der Waals surface area contributed by atoms with Gasteiger partial charge in [0.15, 0.2) is 0 Å². The van der Waals surface area contributed by atoms with Gasteiger partial charge in [0.05, 0.1) is 25.3 Å². The first kappa shape index (κ1) is 20.8. The van der Waals surface area contributed by atoms with Crippen molar-refractivity contribution in [2.75, 3.05) is 32.2 Å². The third-order valence-corrected chi connectivity index (χ3v) is 6.30. The lowest BCUT2D eigenvalue weighted by molar-refractivity contribution is -0.145. The van der Waals surface area contributed by atoms with Crippen molar-refractivity contribution in [2.45, 2.75) is 43.0 Å². The van der Waals surface area contributed by atoms with Crippen LogP contribution >= 0.6 is 11.8 Å². The minimum Gasteiger partial charge on any atom is -0.491 e. The first-order chi connectivity index (χ1) is 13.7. The zero-order valence-corrected chi connectivity index (χ0v) is 16.7. The number of hydrogen-bond acceptors (Lipinski definition) is 6. The molecule has 2 aliphatic rings. The summed E-state index contributed by atoms with van der Waals surface area (Å²) < 4.78 is 16.1. The molecule has 3 atom stereocenters. The van der Waals surface area contributed by atoms with Gasteiger partial charge in [-0.3, -0.25) is 4.79 Å². The van der Waals surface area contributed by atoms with Crippen molar-refractivity contribution in [1.82, 2.24) is 10.6 Å². The van der Waals surface area contributed by atoms with E-state index in [-0.39, 0.29) is 30.7 Å². The largest absolute Gasteiger partial charge is 0.491 e. The molecule has 1 aromatic carbocycles. The van der Waals surface area contributed by atoms with Gasteiger partial charge in [-0.2, -0.15) is 11.8 Å². The molecule has 2 amide bonds. The van der Waals surface area contributed by atoms with Crippen LogP contribution < -0.4 is 15.4 Å². The normalized spacial score (nSPS) is 23.0. The minimum absolute atomic E-state index is 0.0577. The molecule has 2 aliphatic heterocycles. The molecule has 0 radical (unpaired) electrons. The second-order valence-electron chi connectivity index (χ2n) is 6.86. The average Bonchev–Trinajstić information content (AvgIpc) is 3.24. The number of amides is 2. The summed E-state index contributed by atoms with van der Waals surface area (Å²) >= 11 is 1.90. The Balaban J connectivity index is 1.14. The van der Waals surface area contributed by atoms with Gasteiger partial charge in [-0.25, -0.2) is 4.79 Å². The van der Waals surface area contributed by atoms with Gasteiger partial charge < -0.3 is 24.8 Å². The molecule has 0 bridgehead atoms. The number of para-hydroxylation sites is 1. The Morgan fingerprint density at radius 3 is 2.75 bits per heavy atom. The van der Waals surface area contributed by atoms with Crippen molar-refractivity contribution in [2.24, 2.45) is 0 Å². The van der Waals surface area contributed by atoms with E-state index in [1.165, 1.54) is 0 Å². The molecular weight excluding hydrogens is 380 g/mol. The van der Waals surface area contributed by atoms with E-state index in [0.717, 1.165) is 30.8 Å². The van der Waals surface area contributed by atoms with E-state index in [0.29, 0.717) is 31.5 Å². The molecule has 1 aromatic rings. The quantitative estimate of drug-likeness (QED) is 0.314. The molecule has 0 aliphatic carbocycles. The molecule has 154 valence electrons. The fraction of sp³-hybridized carbons (Fsp3) is 0.600. The van der Waals surface area contributed by atoms with Gasteiger partial charge >= 0.3 is 12.0 Å². The number of benzene rings is 1. The summed E-state index contributed by atoms with van der Waals surface area (Å²) in [5.41, 5.74) is 0. The molecule has 2 fully saturated rings. The van der Waals surface area contributed by atoms with Crippen LogP contribution in [-0.4, -0.2) is 61.5 Å². The fourth-order valence-electron chi connectivity index (χ4n) is 3.38. The van der Waals surface area contributed by atoms with Crippen molar-refractivity contribution in [3.05, 3.63) is 30.3 Å². The molecule has 3 rings (SSSR count). The van der Waals surface area contributed by atoms with Crippen LogP contribution in [0.4, 0.5) is 4.79 Å². The number of nitrogens with one attached hydrogen (secondary N) is 2. The zero-order valence-electron chi connectivity index (χ0n) is 15.9. The Labute approximate surface area is 169 Å². The number of ether oxygens (including phenoxy) is 3. The van der Waals surface area contributed by atoms with Crippen molar-refractivity contribution >= 4 is 23.8 Å². The Morgan fingerprint density at radius 2 is 1.89 bits per heavy atom. The van der Waals surface area contributed by atoms with Crippen LogP contribution in [0.15, 0.2) is 30.3 Å². The summed E-state index contributed by atoms with van der Waals surface area (Å²) in [4.78, 5) is 23.1. The molecular formula is C20H28N2O5S. The van der Waals surface area contributed by atoms with Crippen molar-refractivity contribution < 1.29 is 23.8 Å². The number of thioether (sulfide) groups is 1. The molecule has 0 spiro atoms. The van der Waals surface area contributed by atoms with Crippen LogP contribution in [0.5, 0.6) is 5.75 Å². The number of carbonyl (C=O) groups excluding carboxylic acids is 2. The van der Waals surface area contributed by atoms with E-state index in [1.807, 2.05) is 42.1 Å². The first-order valence-electron chi connectivity index (χ1n) is 9.82. The number of hydrogen-bond donors (Lipinski definition) is 2. The van der Waals surface area contributed by atoms with Crippen molar-refractivity contribution in [3.8, 4) is 5.75 Å². The van der Waals surface area contributed by atoms with Crippen LogP contribution in [0.1, 0.15) is 25.7 Å². The summed E-state index contributed by atoms with van der Waals surface area (Å²) in [6.07, 6.45) is 3.19. The van der Waals surface area contributed by atoms with Gasteiger partial charge in [0.25, 0.3) is 0 Å². The molecule has 2 saturated heterocycles. The lowest BCUT2D eigenvalue weighted by Crippen LogP contribution is -2.36. The topological polar surface area (TPSA) is 85.9 Å². The summed E-state index contributed by atoms with van der Waals surface area (Å²) in [5, 5.41) is 6.36. The summed E-state index contributed by atoms with van der Waals surface area (Å²) in [6, 6.07) is 9.99. The highest BCUT2D eigenvalue weighted by Gasteiger charge is 2.42. The molecule has 7 nitrogen and oxygen atoms in total. The maximum atomic E-state index is 11.8. The highest BCUT2D eigenvalue weighted by Crippen LogP contribution is 2.33. The average molecular weight is 409 g/mol. The molecule has 28 heavy (non-hydrogen) atoms. The van der Waals surface area contributed by atoms with Crippen LogP contribution in [0.2, 0.25) is 0 Å². The van der Waals surface area contributed by atoms with Gasteiger partial charge in [-0.15, -0.1) is 0 Å². The predicted molar refractivity (Wildman–Crippen MR) is 108 cm³/mol. The lowest BCUT2D eigenvalue weighted by atomic mass is 10.0.